The van der Waals surface area contributed by atoms with Crippen LogP contribution < -0.4 is 0 Å². The van der Waals surface area contributed by atoms with Gasteiger partial charge < -0.3 is 28.4 Å². The molecule has 19 nitrogen and oxygen atoms in total. The first kappa shape index (κ1) is 39.2. The number of hydrogen-bond acceptors (Lipinski definition) is 19. The Hall–Kier alpha value is -4.75. The molecule has 0 heterocycles. The first-order chi connectivity index (χ1) is 20.3. The molecule has 0 aromatic heterocycles. The van der Waals surface area contributed by atoms with Gasteiger partial charge in [0.2, 0.25) is 0 Å². The molecular formula is C24H27O19P. The van der Waals surface area contributed by atoms with Crippen molar-refractivity contribution in [2.75, 3.05) is 0 Å². The molecule has 0 aromatic rings. The molecule has 0 saturated heterocycles. The largest absolute Gasteiger partial charge is 0.557 e. The predicted octanol–water partition coefficient (Wildman–Crippen LogP) is 2.34. The lowest BCUT2D eigenvalue weighted by molar-refractivity contribution is -0.494. The first-order valence-electron chi connectivity index (χ1n) is 11.2. The molecule has 242 valence electrons. The highest BCUT2D eigenvalue weighted by Crippen LogP contribution is 2.53. The Morgan fingerprint density at radius 3 is 0.727 bits per heavy atom. The van der Waals surface area contributed by atoms with Gasteiger partial charge in [-0.1, -0.05) is 39.5 Å². The van der Waals surface area contributed by atoms with Crippen LogP contribution in [0.5, 0.6) is 0 Å². The van der Waals surface area contributed by atoms with Crippen molar-refractivity contribution >= 4 is 43.6 Å². The molecule has 0 spiro atoms. The highest BCUT2D eigenvalue weighted by molar-refractivity contribution is 7.48. The second-order valence-corrected chi connectivity index (χ2v) is 8.60. The average molecular weight is 650 g/mol. The molecule has 0 fully saturated rings. The minimum absolute atomic E-state index is 0.586. The summed E-state index contributed by atoms with van der Waals surface area (Å²) in [5.74, 6) is -16.6. The Balaban J connectivity index is 6.59. The zero-order valence-corrected chi connectivity index (χ0v) is 24.3. The van der Waals surface area contributed by atoms with Crippen molar-refractivity contribution in [2.24, 2.45) is 0 Å². The molecule has 0 rings (SSSR count). The molecule has 0 aliphatic carbocycles. The van der Waals surface area contributed by atoms with E-state index in [0.717, 1.165) is 0 Å². The Morgan fingerprint density at radius 1 is 0.432 bits per heavy atom. The summed E-state index contributed by atoms with van der Waals surface area (Å²) in [5.41, 5.74) is 0. The third-order valence-corrected chi connectivity index (χ3v) is 4.33. The normalized spacial score (nSPS) is 11.4. The summed E-state index contributed by atoms with van der Waals surface area (Å²) < 4.78 is 55.1. The number of rotatable bonds is 21. The quantitative estimate of drug-likeness (QED) is 0.0330. The minimum atomic E-state index is -5.79. The van der Waals surface area contributed by atoms with Crippen LogP contribution in [-0.2, 0) is 90.4 Å². The van der Waals surface area contributed by atoms with Crippen molar-refractivity contribution in [3.05, 3.63) is 75.9 Å². The van der Waals surface area contributed by atoms with Gasteiger partial charge in [-0.3, -0.25) is 0 Å². The van der Waals surface area contributed by atoms with Gasteiger partial charge in [0.1, 0.15) is 0 Å². The van der Waals surface area contributed by atoms with E-state index in [4.69, 9.17) is 0 Å². The van der Waals surface area contributed by atoms with Crippen molar-refractivity contribution in [1.82, 2.24) is 0 Å². The smallest absolute Gasteiger partial charge is 0.393 e. The van der Waals surface area contributed by atoms with Gasteiger partial charge in [0.15, 0.2) is 0 Å². The molecule has 0 bridgehead atoms. The molecular weight excluding hydrogens is 623 g/mol. The maximum Gasteiger partial charge on any atom is 0.557 e. The van der Waals surface area contributed by atoms with Crippen molar-refractivity contribution in [1.29, 1.82) is 0 Å². The Kier molecular flexibility index (Phi) is 15.5. The van der Waals surface area contributed by atoms with Gasteiger partial charge in [-0.05, 0) is 0 Å². The summed E-state index contributed by atoms with van der Waals surface area (Å²) >= 11 is 0. The van der Waals surface area contributed by atoms with E-state index < -0.39 is 61.6 Å². The minimum Gasteiger partial charge on any atom is -0.393 e. The monoisotopic (exact) mass is 650 g/mol. The number of phosphoric acid groups is 1. The number of ether oxygens (including phenoxy) is 6. The van der Waals surface area contributed by atoms with Gasteiger partial charge in [0.05, 0.1) is 0 Å². The van der Waals surface area contributed by atoms with Crippen LogP contribution in [0.25, 0.3) is 0 Å². The maximum absolute atomic E-state index is 13.5. The van der Waals surface area contributed by atoms with E-state index >= 15 is 0 Å². The summed E-state index contributed by atoms with van der Waals surface area (Å²) in [4.78, 5) is 84.5. The van der Waals surface area contributed by atoms with Gasteiger partial charge in [-0.25, -0.2) is 33.3 Å². The van der Waals surface area contributed by atoms with E-state index in [9.17, 15) is 33.3 Å². The number of carbonyl (C=O) groups is 6. The van der Waals surface area contributed by atoms with Crippen LogP contribution in [0, 0.1) is 0 Å². The van der Waals surface area contributed by atoms with Crippen molar-refractivity contribution in [3.63, 3.8) is 0 Å². The van der Waals surface area contributed by atoms with E-state index in [0.29, 0.717) is 57.2 Å². The lowest BCUT2D eigenvalue weighted by Gasteiger charge is -2.30. The molecule has 0 amide bonds. The van der Waals surface area contributed by atoms with Gasteiger partial charge in [-0.2, -0.15) is 0 Å². The fourth-order valence-electron chi connectivity index (χ4n) is 1.89. The Bertz CT molecular complexity index is 1020. The topological polar surface area (TPSA) is 230 Å². The zero-order valence-electron chi connectivity index (χ0n) is 23.4. The molecule has 20 heteroatoms. The van der Waals surface area contributed by atoms with Gasteiger partial charge in [0.25, 0.3) is 0 Å². The van der Waals surface area contributed by atoms with E-state index in [2.05, 4.69) is 96.6 Å². The van der Waals surface area contributed by atoms with E-state index in [1.165, 1.54) is 0 Å². The lowest BCUT2D eigenvalue weighted by Crippen LogP contribution is -2.41. The highest BCUT2D eigenvalue weighted by Gasteiger charge is 2.48. The highest BCUT2D eigenvalue weighted by atomic mass is 31.2. The van der Waals surface area contributed by atoms with Crippen LogP contribution in [0.3, 0.4) is 0 Å². The van der Waals surface area contributed by atoms with Crippen LogP contribution in [0.2, 0.25) is 0 Å². The predicted molar refractivity (Wildman–Crippen MR) is 137 cm³/mol. The zero-order chi connectivity index (χ0) is 34.2. The first-order valence-corrected chi connectivity index (χ1v) is 12.7. The van der Waals surface area contributed by atoms with Crippen LogP contribution in [-0.4, -0.2) is 53.7 Å². The third-order valence-electron chi connectivity index (χ3n) is 3.56. The molecule has 0 N–H and O–H groups in total. The van der Waals surface area contributed by atoms with Crippen LogP contribution in [0.4, 0.5) is 0 Å². The van der Waals surface area contributed by atoms with Gasteiger partial charge in [-0.15, -0.1) is 28.7 Å². The summed E-state index contributed by atoms with van der Waals surface area (Å²) in [5, 5.41) is 0. The van der Waals surface area contributed by atoms with E-state index in [1.54, 1.807) is 0 Å². The van der Waals surface area contributed by atoms with Crippen molar-refractivity contribution in [2.45, 2.75) is 38.7 Å². The fourth-order valence-corrected chi connectivity index (χ4v) is 2.64. The lowest BCUT2D eigenvalue weighted by atomic mass is 10.5. The molecule has 0 aromatic carbocycles. The Labute approximate surface area is 249 Å². The summed E-state index contributed by atoms with van der Waals surface area (Å²) in [6.45, 7) is 20.9. The third kappa shape index (κ3) is 14.4. The standard InChI is InChI=1S/C24H27O19P/c1-10-16(25)32-22(7,33-17(26)11-2)38-41-44(31,42-39-23(8,34-18(27)12-3)35-19(28)13-4)43-40-24(9,36-20(29)14-5)37-21(30)15-6/h10-15H,1-6H2,7-9H3. The molecule has 44 heavy (non-hydrogen) atoms. The Morgan fingerprint density at radius 2 is 0.591 bits per heavy atom. The van der Waals surface area contributed by atoms with E-state index in [-0.39, 0.29) is 0 Å². The van der Waals surface area contributed by atoms with Crippen molar-refractivity contribution in [3.8, 4) is 0 Å². The number of esters is 6. The van der Waals surface area contributed by atoms with Crippen LogP contribution >= 0.6 is 7.82 Å². The average Bonchev–Trinajstić information content (AvgIpc) is 2.97. The maximum atomic E-state index is 13.5. The van der Waals surface area contributed by atoms with E-state index in [1.807, 2.05) is 0 Å². The second-order valence-electron chi connectivity index (χ2n) is 7.26. The fraction of sp³-hybridized carbons (Fsp3) is 0.250. The summed E-state index contributed by atoms with van der Waals surface area (Å²) in [6, 6.07) is 0. The van der Waals surface area contributed by atoms with Gasteiger partial charge in [0, 0.05) is 57.2 Å². The molecule has 0 aliphatic rings. The second kappa shape index (κ2) is 17.4. The number of hydrogen-bond donors (Lipinski definition) is 0. The molecule has 0 saturated carbocycles. The number of carbonyl (C=O) groups excluding carboxylic acids is 6. The van der Waals surface area contributed by atoms with Crippen LogP contribution in [0.15, 0.2) is 75.9 Å². The van der Waals surface area contributed by atoms with Crippen LogP contribution in [0.1, 0.15) is 20.8 Å². The molecule has 0 unspecified atom stereocenters. The SMILES string of the molecule is C=CC(=O)OC(C)(OOP(=O)(OOC(C)(OC(=O)C=C)OC(=O)C=C)OOC(C)(OC(=O)C=C)OC(=O)C=C)OC(=O)C=C. The molecule has 0 radical (unpaired) electrons. The summed E-state index contributed by atoms with van der Waals surface area (Å²) in [6.07, 6.45) is 3.52. The molecule has 0 aliphatic heterocycles. The molecule has 0 atom stereocenters. The summed E-state index contributed by atoms with van der Waals surface area (Å²) in [7, 11) is -5.79. The van der Waals surface area contributed by atoms with Crippen molar-refractivity contribution < 1.29 is 90.4 Å². The van der Waals surface area contributed by atoms with Gasteiger partial charge >= 0.3 is 61.6 Å².